The number of carbonyl (C=O) groups is 3. The largest absolute Gasteiger partial charge is 0.340 e. The number of nitrogens with one attached hydrogen (secondary N) is 1. The molecule has 2 aliphatic rings. The van der Waals surface area contributed by atoms with Crippen molar-refractivity contribution in [2.45, 2.75) is 44.7 Å². The van der Waals surface area contributed by atoms with E-state index in [2.05, 4.69) is 5.32 Å². The molecule has 1 aromatic rings. The molecule has 2 atom stereocenters. The van der Waals surface area contributed by atoms with Gasteiger partial charge in [0.1, 0.15) is 12.1 Å². The van der Waals surface area contributed by atoms with Gasteiger partial charge in [-0.05, 0) is 41.1 Å². The van der Waals surface area contributed by atoms with Gasteiger partial charge in [0.25, 0.3) is 5.91 Å². The molecule has 1 spiro atoms. The second kappa shape index (κ2) is 6.55. The normalized spacial score (nSPS) is 26.8. The van der Waals surface area contributed by atoms with Gasteiger partial charge in [0.2, 0.25) is 5.91 Å². The van der Waals surface area contributed by atoms with Crippen LogP contribution in [0.2, 0.25) is 0 Å². The van der Waals surface area contributed by atoms with Gasteiger partial charge in [0, 0.05) is 13.6 Å². The van der Waals surface area contributed by atoms with Crippen molar-refractivity contribution in [3.05, 3.63) is 22.4 Å². The van der Waals surface area contributed by atoms with E-state index in [0.717, 1.165) is 29.7 Å². The Morgan fingerprint density at radius 2 is 2.25 bits per heavy atom. The van der Waals surface area contributed by atoms with Gasteiger partial charge in [-0.3, -0.25) is 14.5 Å². The molecular formula is C17H23N3O3S. The molecule has 24 heavy (non-hydrogen) atoms. The number of thiophene rings is 1. The van der Waals surface area contributed by atoms with Crippen LogP contribution in [-0.2, 0) is 16.1 Å². The molecule has 1 aliphatic carbocycles. The summed E-state index contributed by atoms with van der Waals surface area (Å²) < 4.78 is 0. The number of rotatable bonds is 4. The predicted molar refractivity (Wildman–Crippen MR) is 91.4 cm³/mol. The fraction of sp³-hybridized carbons (Fsp3) is 0.588. The maximum Gasteiger partial charge on any atom is 0.325 e. The van der Waals surface area contributed by atoms with Crippen molar-refractivity contribution in [2.75, 3.05) is 13.6 Å². The highest BCUT2D eigenvalue weighted by atomic mass is 32.1. The number of amides is 4. The van der Waals surface area contributed by atoms with E-state index in [9.17, 15) is 14.4 Å². The lowest BCUT2D eigenvalue weighted by molar-refractivity contribution is -0.140. The summed E-state index contributed by atoms with van der Waals surface area (Å²) >= 11 is 1.58. The second-order valence-corrected chi connectivity index (χ2v) is 7.60. The van der Waals surface area contributed by atoms with E-state index in [4.69, 9.17) is 0 Å². The molecule has 2 unspecified atom stereocenters. The third-order valence-corrected chi connectivity index (χ3v) is 5.95. The second-order valence-electron chi connectivity index (χ2n) is 6.82. The Morgan fingerprint density at radius 1 is 1.46 bits per heavy atom. The van der Waals surface area contributed by atoms with Crippen LogP contribution < -0.4 is 5.32 Å². The van der Waals surface area contributed by atoms with E-state index in [-0.39, 0.29) is 24.3 Å². The molecule has 1 aromatic heterocycles. The van der Waals surface area contributed by atoms with Gasteiger partial charge < -0.3 is 10.2 Å². The Hall–Kier alpha value is -1.89. The first kappa shape index (κ1) is 17.0. The van der Waals surface area contributed by atoms with Gasteiger partial charge in [-0.2, -0.15) is 11.3 Å². The summed E-state index contributed by atoms with van der Waals surface area (Å²) in [5, 5.41) is 6.82. The van der Waals surface area contributed by atoms with Crippen molar-refractivity contribution >= 4 is 29.2 Å². The summed E-state index contributed by atoms with van der Waals surface area (Å²) in [6, 6.07) is 1.52. The molecule has 1 saturated heterocycles. The number of urea groups is 1. The van der Waals surface area contributed by atoms with Crippen LogP contribution in [0.15, 0.2) is 16.8 Å². The lowest BCUT2D eigenvalue weighted by atomic mass is 9.73. The fourth-order valence-electron chi connectivity index (χ4n) is 3.64. The molecule has 130 valence electrons. The van der Waals surface area contributed by atoms with Crippen LogP contribution in [-0.4, -0.2) is 46.8 Å². The third kappa shape index (κ3) is 2.92. The third-order valence-electron chi connectivity index (χ3n) is 5.22. The monoisotopic (exact) mass is 349 g/mol. The Bertz CT molecular complexity index is 646. The molecule has 0 radical (unpaired) electrons. The van der Waals surface area contributed by atoms with E-state index in [1.165, 1.54) is 0 Å². The molecule has 2 heterocycles. The molecular weight excluding hydrogens is 326 g/mol. The van der Waals surface area contributed by atoms with Gasteiger partial charge in [0.15, 0.2) is 0 Å². The van der Waals surface area contributed by atoms with Crippen LogP contribution in [0.4, 0.5) is 4.79 Å². The molecule has 1 saturated carbocycles. The van der Waals surface area contributed by atoms with Crippen LogP contribution in [0.5, 0.6) is 0 Å². The summed E-state index contributed by atoms with van der Waals surface area (Å²) in [5.74, 6) is -0.367. The fourth-order valence-corrected chi connectivity index (χ4v) is 4.30. The minimum atomic E-state index is -0.804. The van der Waals surface area contributed by atoms with Crippen molar-refractivity contribution in [1.82, 2.24) is 15.1 Å². The van der Waals surface area contributed by atoms with Crippen LogP contribution in [0.1, 0.15) is 38.2 Å². The van der Waals surface area contributed by atoms with Crippen LogP contribution in [0.3, 0.4) is 0 Å². The van der Waals surface area contributed by atoms with E-state index >= 15 is 0 Å². The average Bonchev–Trinajstić information content (AvgIpc) is 3.13. The quantitative estimate of drug-likeness (QED) is 0.847. The van der Waals surface area contributed by atoms with Crippen molar-refractivity contribution < 1.29 is 14.4 Å². The molecule has 0 aromatic carbocycles. The summed E-state index contributed by atoms with van der Waals surface area (Å²) in [5.41, 5.74) is 0.243. The highest BCUT2D eigenvalue weighted by molar-refractivity contribution is 7.07. The van der Waals surface area contributed by atoms with Crippen molar-refractivity contribution in [2.24, 2.45) is 5.92 Å². The number of nitrogens with zero attached hydrogens (tertiary/aromatic N) is 2. The maximum absolute atomic E-state index is 12.9. The van der Waals surface area contributed by atoms with Crippen molar-refractivity contribution in [3.63, 3.8) is 0 Å². The molecule has 3 rings (SSSR count). The topological polar surface area (TPSA) is 69.7 Å². The maximum atomic E-state index is 12.9. The van der Waals surface area contributed by atoms with E-state index < -0.39 is 11.6 Å². The molecule has 1 aliphatic heterocycles. The van der Waals surface area contributed by atoms with Crippen molar-refractivity contribution in [1.29, 1.82) is 0 Å². The lowest BCUT2D eigenvalue weighted by Crippen LogP contribution is -2.54. The number of hydrogen-bond acceptors (Lipinski definition) is 4. The van der Waals surface area contributed by atoms with Gasteiger partial charge in [-0.15, -0.1) is 0 Å². The van der Waals surface area contributed by atoms with Gasteiger partial charge in [0.05, 0.1) is 0 Å². The Morgan fingerprint density at radius 3 is 2.92 bits per heavy atom. The summed E-state index contributed by atoms with van der Waals surface area (Å²) in [7, 11) is 1.69. The van der Waals surface area contributed by atoms with Crippen LogP contribution in [0, 0.1) is 5.92 Å². The average molecular weight is 349 g/mol. The highest BCUT2D eigenvalue weighted by Crippen LogP contribution is 2.38. The van der Waals surface area contributed by atoms with E-state index in [1.807, 2.05) is 23.8 Å². The Kier molecular flexibility index (Phi) is 4.62. The molecule has 4 amide bonds. The minimum absolute atomic E-state index is 0.103. The standard InChI is InChI=1S/C17H23N3O3S/c1-12-5-3-4-7-17(12)15(22)20(16(23)18-17)10-14(21)19(2)9-13-6-8-24-11-13/h6,8,11-12H,3-5,7,9-10H2,1-2H3,(H,18,23). The first-order valence-electron chi connectivity index (χ1n) is 8.33. The molecule has 6 nitrogen and oxygen atoms in total. The summed E-state index contributed by atoms with van der Waals surface area (Å²) in [6.07, 6.45) is 3.59. The van der Waals surface area contributed by atoms with Gasteiger partial charge in [-0.25, -0.2) is 4.79 Å². The Labute approximate surface area is 145 Å². The van der Waals surface area contributed by atoms with Gasteiger partial charge in [-0.1, -0.05) is 19.8 Å². The molecule has 1 N–H and O–H groups in total. The molecule has 2 fully saturated rings. The zero-order chi connectivity index (χ0) is 17.3. The predicted octanol–water partition coefficient (Wildman–Crippen LogP) is 2.21. The van der Waals surface area contributed by atoms with Gasteiger partial charge >= 0.3 is 6.03 Å². The SMILES string of the molecule is CC1CCCCC12NC(=O)N(CC(=O)N(C)Cc1ccsc1)C2=O. The number of carbonyl (C=O) groups excluding carboxylic acids is 3. The highest BCUT2D eigenvalue weighted by Gasteiger charge is 2.55. The zero-order valence-corrected chi connectivity index (χ0v) is 14.9. The van der Waals surface area contributed by atoms with Crippen LogP contribution in [0.25, 0.3) is 0 Å². The van der Waals surface area contributed by atoms with Crippen LogP contribution >= 0.6 is 11.3 Å². The zero-order valence-electron chi connectivity index (χ0n) is 14.1. The van der Waals surface area contributed by atoms with E-state index in [1.54, 1.807) is 23.3 Å². The molecule has 7 heteroatoms. The smallest absolute Gasteiger partial charge is 0.325 e. The lowest BCUT2D eigenvalue weighted by Gasteiger charge is -2.36. The summed E-state index contributed by atoms with van der Waals surface area (Å²) in [4.78, 5) is 40.2. The first-order chi connectivity index (χ1) is 11.4. The number of imide groups is 1. The Balaban J connectivity index is 1.67. The molecule has 0 bridgehead atoms. The number of likely N-dealkylation sites (N-methyl/N-ethyl adjacent to an activating group) is 1. The van der Waals surface area contributed by atoms with E-state index in [0.29, 0.717) is 13.0 Å². The first-order valence-corrected chi connectivity index (χ1v) is 9.27. The summed E-state index contributed by atoms with van der Waals surface area (Å²) in [6.45, 7) is 2.29. The minimum Gasteiger partial charge on any atom is -0.340 e. The van der Waals surface area contributed by atoms with Crippen molar-refractivity contribution in [3.8, 4) is 0 Å². The number of hydrogen-bond donors (Lipinski definition) is 1.